The Kier molecular flexibility index (Phi) is 4.73. The van der Waals surface area contributed by atoms with Crippen molar-refractivity contribution in [1.82, 2.24) is 0 Å². The van der Waals surface area contributed by atoms with E-state index in [9.17, 15) is 9.59 Å². The summed E-state index contributed by atoms with van der Waals surface area (Å²) in [6.45, 7) is 3.34. The molecule has 0 atom stereocenters. The number of allylic oxidation sites excluding steroid dienone is 2. The van der Waals surface area contributed by atoms with E-state index < -0.39 is 11.9 Å². The molecule has 0 bridgehead atoms. The van der Waals surface area contributed by atoms with Crippen LogP contribution in [-0.4, -0.2) is 11.9 Å². The maximum absolute atomic E-state index is 10.6. The molecule has 60 valence electrons. The zero-order valence-corrected chi connectivity index (χ0v) is 6.53. The number of hydrogen-bond acceptors (Lipinski definition) is 3. The molecule has 0 amide bonds. The molecule has 0 saturated heterocycles. The van der Waals surface area contributed by atoms with Crippen LogP contribution in [0.5, 0.6) is 0 Å². The van der Waals surface area contributed by atoms with Crippen molar-refractivity contribution in [2.45, 2.75) is 13.8 Å². The summed E-state index contributed by atoms with van der Waals surface area (Å²) in [6.07, 6.45) is 5.37. The quantitative estimate of drug-likeness (QED) is 0.341. The van der Waals surface area contributed by atoms with Gasteiger partial charge in [0.05, 0.1) is 0 Å². The molecular formula is C8H10O3. The molecule has 0 fully saturated rings. The highest BCUT2D eigenvalue weighted by atomic mass is 16.6. The van der Waals surface area contributed by atoms with E-state index in [1.807, 2.05) is 0 Å². The van der Waals surface area contributed by atoms with Gasteiger partial charge in [0.15, 0.2) is 0 Å². The lowest BCUT2D eigenvalue weighted by molar-refractivity contribution is -0.152. The van der Waals surface area contributed by atoms with Gasteiger partial charge in [0.2, 0.25) is 0 Å². The predicted molar refractivity (Wildman–Crippen MR) is 40.7 cm³/mol. The van der Waals surface area contributed by atoms with Gasteiger partial charge in [-0.3, -0.25) is 0 Å². The summed E-state index contributed by atoms with van der Waals surface area (Å²) in [5.41, 5.74) is 0. The fourth-order valence-corrected chi connectivity index (χ4v) is 0.439. The van der Waals surface area contributed by atoms with Crippen LogP contribution in [0.15, 0.2) is 24.3 Å². The maximum Gasteiger partial charge on any atom is 0.338 e. The van der Waals surface area contributed by atoms with Crippen molar-refractivity contribution in [3.63, 3.8) is 0 Å². The molecule has 0 rings (SSSR count). The van der Waals surface area contributed by atoms with Crippen LogP contribution >= 0.6 is 0 Å². The second kappa shape index (κ2) is 5.41. The highest BCUT2D eigenvalue weighted by Crippen LogP contribution is 1.84. The highest BCUT2D eigenvalue weighted by Gasteiger charge is 2.00. The fraction of sp³-hybridized carbons (Fsp3) is 0.250. The van der Waals surface area contributed by atoms with Gasteiger partial charge in [0.25, 0.3) is 0 Å². The average Bonchev–Trinajstić information content (AvgIpc) is 1.87. The minimum Gasteiger partial charge on any atom is -0.387 e. The number of hydrogen-bond donors (Lipinski definition) is 0. The van der Waals surface area contributed by atoms with Crippen molar-refractivity contribution < 1.29 is 14.3 Å². The second-order valence-corrected chi connectivity index (χ2v) is 1.74. The van der Waals surface area contributed by atoms with Gasteiger partial charge in [-0.25, -0.2) is 9.59 Å². The summed E-state index contributed by atoms with van der Waals surface area (Å²) in [6, 6.07) is 0. The minimum absolute atomic E-state index is 0.643. The summed E-state index contributed by atoms with van der Waals surface area (Å²) < 4.78 is 4.28. The van der Waals surface area contributed by atoms with Gasteiger partial charge in [-0.1, -0.05) is 12.2 Å². The Labute approximate surface area is 65.4 Å². The van der Waals surface area contributed by atoms with Crippen molar-refractivity contribution in [1.29, 1.82) is 0 Å². The number of esters is 2. The third kappa shape index (κ3) is 5.08. The van der Waals surface area contributed by atoms with Crippen LogP contribution in [0.25, 0.3) is 0 Å². The van der Waals surface area contributed by atoms with E-state index in [4.69, 9.17) is 0 Å². The van der Waals surface area contributed by atoms with Crippen molar-refractivity contribution >= 4 is 11.9 Å². The Morgan fingerprint density at radius 2 is 1.36 bits per heavy atom. The summed E-state index contributed by atoms with van der Waals surface area (Å²) in [7, 11) is 0. The van der Waals surface area contributed by atoms with Gasteiger partial charge in [-0.05, 0) is 13.8 Å². The molecular weight excluding hydrogens is 144 g/mol. The normalized spacial score (nSPS) is 10.7. The Hall–Kier alpha value is -1.38. The maximum atomic E-state index is 10.6. The number of ether oxygens (including phenoxy) is 1. The summed E-state index contributed by atoms with van der Waals surface area (Å²) in [4.78, 5) is 21.1. The summed E-state index contributed by atoms with van der Waals surface area (Å²) in [5.74, 6) is -1.29. The van der Waals surface area contributed by atoms with Gasteiger partial charge < -0.3 is 4.74 Å². The van der Waals surface area contributed by atoms with E-state index in [1.54, 1.807) is 13.8 Å². The molecule has 0 saturated carbocycles. The van der Waals surface area contributed by atoms with Crippen LogP contribution in [0.4, 0.5) is 0 Å². The minimum atomic E-state index is -0.643. The number of carbonyl (C=O) groups excluding carboxylic acids is 2. The number of carbonyl (C=O) groups is 2. The van der Waals surface area contributed by atoms with Crippen LogP contribution in [0.2, 0.25) is 0 Å². The van der Waals surface area contributed by atoms with Crippen LogP contribution in [0.3, 0.4) is 0 Å². The van der Waals surface area contributed by atoms with E-state index >= 15 is 0 Å². The Morgan fingerprint density at radius 3 is 1.64 bits per heavy atom. The molecule has 0 aliphatic heterocycles. The van der Waals surface area contributed by atoms with E-state index in [0.29, 0.717) is 0 Å². The van der Waals surface area contributed by atoms with Gasteiger partial charge >= 0.3 is 11.9 Å². The van der Waals surface area contributed by atoms with Crippen molar-refractivity contribution in [3.8, 4) is 0 Å². The van der Waals surface area contributed by atoms with E-state index in [0.717, 1.165) is 0 Å². The first kappa shape index (κ1) is 9.62. The first-order valence-corrected chi connectivity index (χ1v) is 3.22. The van der Waals surface area contributed by atoms with Crippen molar-refractivity contribution in [3.05, 3.63) is 24.3 Å². The molecule has 0 aromatic rings. The lowest BCUT2D eigenvalue weighted by Crippen LogP contribution is -2.06. The molecule has 0 aromatic carbocycles. The largest absolute Gasteiger partial charge is 0.387 e. The molecule has 0 aromatic heterocycles. The molecule has 3 nitrogen and oxygen atoms in total. The molecule has 0 unspecified atom stereocenters. The highest BCUT2D eigenvalue weighted by molar-refractivity contribution is 5.96. The molecule has 0 aliphatic rings. The lowest BCUT2D eigenvalue weighted by atomic mass is 10.5. The fourth-order valence-electron chi connectivity index (χ4n) is 0.439. The zero-order valence-electron chi connectivity index (χ0n) is 6.53. The Balaban J connectivity index is 3.85. The molecule has 0 radical (unpaired) electrons. The van der Waals surface area contributed by atoms with Gasteiger partial charge in [0.1, 0.15) is 0 Å². The van der Waals surface area contributed by atoms with E-state index in [-0.39, 0.29) is 0 Å². The first-order chi connectivity index (χ1) is 5.20. The van der Waals surface area contributed by atoms with Gasteiger partial charge in [-0.2, -0.15) is 0 Å². The Bertz CT molecular complexity index is 179. The molecule has 0 N–H and O–H groups in total. The van der Waals surface area contributed by atoms with Crippen LogP contribution in [0, 0.1) is 0 Å². The monoisotopic (exact) mass is 154 g/mol. The third-order valence-electron chi connectivity index (χ3n) is 0.807. The molecule has 0 spiro atoms. The molecule has 11 heavy (non-hydrogen) atoms. The predicted octanol–water partition coefficient (Wildman–Crippen LogP) is 1.21. The molecule has 0 heterocycles. The molecule has 3 heteroatoms. The zero-order chi connectivity index (χ0) is 8.69. The third-order valence-corrected chi connectivity index (χ3v) is 0.807. The standard InChI is InChI=1S/C8H10O3/c1-3-5-7(9)11-8(10)6-4-2/h3-6H,1-2H3/b5-3+,6-4+. The smallest absolute Gasteiger partial charge is 0.338 e. The van der Waals surface area contributed by atoms with Crippen molar-refractivity contribution in [2.75, 3.05) is 0 Å². The van der Waals surface area contributed by atoms with Gasteiger partial charge in [0, 0.05) is 12.2 Å². The average molecular weight is 154 g/mol. The van der Waals surface area contributed by atoms with Crippen LogP contribution in [0.1, 0.15) is 13.8 Å². The number of rotatable bonds is 2. The van der Waals surface area contributed by atoms with E-state index in [2.05, 4.69) is 4.74 Å². The summed E-state index contributed by atoms with van der Waals surface area (Å²) in [5, 5.41) is 0. The SMILES string of the molecule is C/C=C/C(=O)OC(=O)/C=C/C. The first-order valence-electron chi connectivity index (χ1n) is 3.22. The Morgan fingerprint density at radius 1 is 1.00 bits per heavy atom. The van der Waals surface area contributed by atoms with Crippen LogP contribution in [-0.2, 0) is 14.3 Å². The van der Waals surface area contributed by atoms with Crippen LogP contribution < -0.4 is 0 Å². The molecule has 0 aliphatic carbocycles. The second-order valence-electron chi connectivity index (χ2n) is 1.74. The van der Waals surface area contributed by atoms with E-state index in [1.165, 1.54) is 24.3 Å². The van der Waals surface area contributed by atoms with Gasteiger partial charge in [-0.15, -0.1) is 0 Å². The lowest BCUT2D eigenvalue weighted by Gasteiger charge is -1.91. The topological polar surface area (TPSA) is 43.4 Å². The summed E-state index contributed by atoms with van der Waals surface area (Å²) >= 11 is 0. The van der Waals surface area contributed by atoms with Crippen molar-refractivity contribution in [2.24, 2.45) is 0 Å².